The molecule has 0 heterocycles. The van der Waals surface area contributed by atoms with Crippen molar-refractivity contribution in [3.63, 3.8) is 0 Å². The molecule has 0 aliphatic rings. The Morgan fingerprint density at radius 3 is 2.43 bits per heavy atom. The molecule has 7 heteroatoms. The smallest absolute Gasteiger partial charge is 0.242 e. The molecule has 2 rings (SSSR count). The largest absolute Gasteiger partial charge is 0.394 e. The maximum atomic E-state index is 13.0. The van der Waals surface area contributed by atoms with Crippen LogP contribution < -0.4 is 4.72 Å². The molecule has 0 amide bonds. The van der Waals surface area contributed by atoms with Crippen LogP contribution in [0.5, 0.6) is 0 Å². The molecule has 0 aliphatic heterocycles. The summed E-state index contributed by atoms with van der Waals surface area (Å²) < 4.78 is 39.9. The predicted molar refractivity (Wildman–Crippen MR) is 78.0 cm³/mol. The Kier molecular flexibility index (Phi) is 4.95. The number of nitrogens with one attached hydrogen (secondary N) is 1. The number of sulfonamides is 1. The van der Waals surface area contributed by atoms with Crippen LogP contribution in [0.15, 0.2) is 53.4 Å². The van der Waals surface area contributed by atoms with Gasteiger partial charge in [-0.2, -0.15) is 0 Å². The third-order valence-corrected chi connectivity index (χ3v) is 4.82. The summed E-state index contributed by atoms with van der Waals surface area (Å²) >= 11 is 5.77. The van der Waals surface area contributed by atoms with Gasteiger partial charge in [0.15, 0.2) is 0 Å². The van der Waals surface area contributed by atoms with E-state index in [1.807, 2.05) is 0 Å². The Bertz CT molecular complexity index is 722. The van der Waals surface area contributed by atoms with Gasteiger partial charge < -0.3 is 5.11 Å². The van der Waals surface area contributed by atoms with Crippen molar-refractivity contribution in [3.05, 3.63) is 64.9 Å². The summed E-state index contributed by atoms with van der Waals surface area (Å²) in [7, 11) is -3.98. The van der Waals surface area contributed by atoms with Gasteiger partial charge in [0.2, 0.25) is 10.0 Å². The maximum Gasteiger partial charge on any atom is 0.242 e. The molecule has 0 radical (unpaired) electrons. The van der Waals surface area contributed by atoms with Gasteiger partial charge in [0.1, 0.15) is 10.7 Å². The maximum absolute atomic E-state index is 13.0. The molecule has 2 aromatic rings. The number of benzene rings is 2. The standard InChI is InChI=1S/C14H13ClFNO3S/c15-12-8-11(16)6-7-14(12)21(19,20)17-13(9-18)10-4-2-1-3-5-10/h1-8,13,17-18H,9H2/t13-/m0/s1. The van der Waals surface area contributed by atoms with E-state index in [-0.39, 0.29) is 9.92 Å². The summed E-state index contributed by atoms with van der Waals surface area (Å²) in [4.78, 5) is -0.236. The lowest BCUT2D eigenvalue weighted by atomic mass is 10.1. The number of aliphatic hydroxyl groups excluding tert-OH is 1. The molecule has 0 aliphatic carbocycles. The molecule has 0 unspecified atom stereocenters. The van der Waals surface area contributed by atoms with Crippen LogP contribution in [0.1, 0.15) is 11.6 Å². The van der Waals surface area contributed by atoms with Gasteiger partial charge in [-0.15, -0.1) is 0 Å². The Hall–Kier alpha value is -1.47. The van der Waals surface area contributed by atoms with Crippen molar-refractivity contribution in [1.82, 2.24) is 4.72 Å². The fourth-order valence-corrected chi connectivity index (χ4v) is 3.59. The second kappa shape index (κ2) is 6.53. The third-order valence-electron chi connectivity index (χ3n) is 2.87. The molecule has 0 fully saturated rings. The molecule has 21 heavy (non-hydrogen) atoms. The van der Waals surface area contributed by atoms with E-state index in [0.29, 0.717) is 5.56 Å². The minimum atomic E-state index is -3.98. The van der Waals surface area contributed by atoms with E-state index in [9.17, 15) is 17.9 Å². The van der Waals surface area contributed by atoms with Crippen molar-refractivity contribution in [2.24, 2.45) is 0 Å². The van der Waals surface area contributed by atoms with E-state index in [2.05, 4.69) is 4.72 Å². The van der Waals surface area contributed by atoms with Gasteiger partial charge in [0, 0.05) is 0 Å². The first kappa shape index (κ1) is 15.9. The SMILES string of the molecule is O=S(=O)(N[C@@H](CO)c1ccccc1)c1ccc(F)cc1Cl. The van der Waals surface area contributed by atoms with Crippen LogP contribution in [0.4, 0.5) is 4.39 Å². The molecule has 1 atom stereocenters. The highest BCUT2D eigenvalue weighted by atomic mass is 35.5. The average molecular weight is 330 g/mol. The van der Waals surface area contributed by atoms with Crippen LogP contribution in [-0.2, 0) is 10.0 Å². The minimum absolute atomic E-state index is 0.216. The number of hydrogen-bond acceptors (Lipinski definition) is 3. The highest BCUT2D eigenvalue weighted by molar-refractivity contribution is 7.89. The normalized spacial score (nSPS) is 13.1. The van der Waals surface area contributed by atoms with E-state index in [1.54, 1.807) is 30.3 Å². The topological polar surface area (TPSA) is 66.4 Å². The van der Waals surface area contributed by atoms with Crippen molar-refractivity contribution in [2.45, 2.75) is 10.9 Å². The Labute approximate surface area is 127 Å². The summed E-state index contributed by atoms with van der Waals surface area (Å²) in [5.41, 5.74) is 0.613. The molecule has 112 valence electrons. The molecular weight excluding hydrogens is 317 g/mol. The lowest BCUT2D eigenvalue weighted by Crippen LogP contribution is -2.31. The highest BCUT2D eigenvalue weighted by Crippen LogP contribution is 2.24. The quantitative estimate of drug-likeness (QED) is 0.885. The van der Waals surface area contributed by atoms with Crippen LogP contribution in [0.25, 0.3) is 0 Å². The third kappa shape index (κ3) is 3.79. The fraction of sp³-hybridized carbons (Fsp3) is 0.143. The zero-order chi connectivity index (χ0) is 15.5. The van der Waals surface area contributed by atoms with Crippen molar-refractivity contribution in [3.8, 4) is 0 Å². The second-order valence-corrected chi connectivity index (χ2v) is 6.43. The first-order valence-corrected chi connectivity index (χ1v) is 7.93. The van der Waals surface area contributed by atoms with Gasteiger partial charge in [-0.05, 0) is 23.8 Å². The molecule has 2 aromatic carbocycles. The van der Waals surface area contributed by atoms with Crippen LogP contribution in [0, 0.1) is 5.82 Å². The Balaban J connectivity index is 2.32. The second-order valence-electron chi connectivity index (χ2n) is 4.34. The Morgan fingerprint density at radius 1 is 1.19 bits per heavy atom. The van der Waals surface area contributed by atoms with Crippen molar-refractivity contribution in [1.29, 1.82) is 0 Å². The van der Waals surface area contributed by atoms with Crippen LogP contribution in [0.3, 0.4) is 0 Å². The minimum Gasteiger partial charge on any atom is -0.394 e. The molecule has 0 bridgehead atoms. The predicted octanol–water partition coefficient (Wildman–Crippen LogP) is 2.49. The summed E-state index contributed by atoms with van der Waals surface area (Å²) in [6.07, 6.45) is 0. The first-order chi connectivity index (χ1) is 9.94. The van der Waals surface area contributed by atoms with Crippen LogP contribution in [0.2, 0.25) is 5.02 Å². The van der Waals surface area contributed by atoms with Gasteiger partial charge in [-0.3, -0.25) is 0 Å². The lowest BCUT2D eigenvalue weighted by molar-refractivity contribution is 0.259. The average Bonchev–Trinajstić information content (AvgIpc) is 2.45. The molecule has 0 saturated heterocycles. The van der Waals surface area contributed by atoms with Crippen LogP contribution in [-0.4, -0.2) is 20.1 Å². The molecule has 2 N–H and O–H groups in total. The number of halogens is 2. The van der Waals surface area contributed by atoms with Crippen molar-refractivity contribution in [2.75, 3.05) is 6.61 Å². The zero-order valence-corrected chi connectivity index (χ0v) is 12.4. The monoisotopic (exact) mass is 329 g/mol. The van der Waals surface area contributed by atoms with Gasteiger partial charge in [0.25, 0.3) is 0 Å². The summed E-state index contributed by atoms with van der Waals surface area (Å²) in [5.74, 6) is -0.624. The molecular formula is C14H13ClFNO3S. The van der Waals surface area contributed by atoms with Crippen molar-refractivity contribution < 1.29 is 17.9 Å². The van der Waals surface area contributed by atoms with E-state index in [0.717, 1.165) is 18.2 Å². The molecule has 0 aromatic heterocycles. The van der Waals surface area contributed by atoms with E-state index < -0.39 is 28.5 Å². The van der Waals surface area contributed by atoms with Gasteiger partial charge in [0.05, 0.1) is 17.7 Å². The lowest BCUT2D eigenvalue weighted by Gasteiger charge is -2.17. The van der Waals surface area contributed by atoms with E-state index in [4.69, 9.17) is 11.6 Å². The van der Waals surface area contributed by atoms with Gasteiger partial charge in [-0.25, -0.2) is 17.5 Å². The Morgan fingerprint density at radius 2 is 1.86 bits per heavy atom. The number of rotatable bonds is 5. The summed E-state index contributed by atoms with van der Waals surface area (Å²) in [6.45, 7) is -0.415. The van der Waals surface area contributed by atoms with E-state index in [1.165, 1.54) is 0 Å². The molecule has 4 nitrogen and oxygen atoms in total. The van der Waals surface area contributed by atoms with Crippen LogP contribution >= 0.6 is 11.6 Å². The molecule has 0 saturated carbocycles. The van der Waals surface area contributed by atoms with Gasteiger partial charge in [-0.1, -0.05) is 41.9 Å². The zero-order valence-electron chi connectivity index (χ0n) is 10.8. The van der Waals surface area contributed by atoms with Gasteiger partial charge >= 0.3 is 0 Å². The molecule has 0 spiro atoms. The highest BCUT2D eigenvalue weighted by Gasteiger charge is 2.23. The van der Waals surface area contributed by atoms with Crippen molar-refractivity contribution >= 4 is 21.6 Å². The first-order valence-electron chi connectivity index (χ1n) is 6.07. The van der Waals surface area contributed by atoms with E-state index >= 15 is 0 Å². The fourth-order valence-electron chi connectivity index (χ4n) is 1.84. The summed E-state index contributed by atoms with van der Waals surface area (Å²) in [6, 6.07) is 10.8. The summed E-state index contributed by atoms with van der Waals surface area (Å²) in [5, 5.41) is 9.17. The number of hydrogen-bond donors (Lipinski definition) is 2. The number of aliphatic hydroxyl groups is 1.